The molecule has 1 amide bonds. The predicted octanol–water partition coefficient (Wildman–Crippen LogP) is 6.10. The van der Waals surface area contributed by atoms with Crippen molar-refractivity contribution in [2.24, 2.45) is 0 Å². The lowest BCUT2D eigenvalue weighted by Gasteiger charge is -2.14. The number of halogens is 2. The molecule has 1 fully saturated rings. The Balaban J connectivity index is 1.48. The van der Waals surface area contributed by atoms with E-state index in [9.17, 15) is 14.0 Å². The van der Waals surface area contributed by atoms with Gasteiger partial charge in [-0.1, -0.05) is 53.8 Å². The second-order valence-corrected chi connectivity index (χ2v) is 8.57. The number of ether oxygens (including phenoxy) is 1. The Hall–Kier alpha value is -3.00. The van der Waals surface area contributed by atoms with Gasteiger partial charge in [0, 0.05) is 5.02 Å². The molecule has 0 unspecified atom stereocenters. The normalized spacial score (nSPS) is 14.9. The molecule has 0 N–H and O–H groups in total. The van der Waals surface area contributed by atoms with E-state index in [4.69, 9.17) is 28.6 Å². The SMILES string of the molecule is O=C(Oc1ccc(C=C2SC(=S)N(c3cccc(Cl)c3)C2=O)cc1)c1ccc(F)cc1. The van der Waals surface area contributed by atoms with Crippen LogP contribution in [0.1, 0.15) is 15.9 Å². The molecule has 31 heavy (non-hydrogen) atoms. The topological polar surface area (TPSA) is 46.6 Å². The van der Waals surface area contributed by atoms with Gasteiger partial charge >= 0.3 is 5.97 Å². The summed E-state index contributed by atoms with van der Waals surface area (Å²) in [6.07, 6.45) is 1.72. The highest BCUT2D eigenvalue weighted by molar-refractivity contribution is 8.27. The highest BCUT2D eigenvalue weighted by Gasteiger charge is 2.33. The van der Waals surface area contributed by atoms with Crippen LogP contribution in [0.5, 0.6) is 5.75 Å². The fourth-order valence-corrected chi connectivity index (χ4v) is 4.32. The van der Waals surface area contributed by atoms with Crippen LogP contribution in [0, 0.1) is 5.82 Å². The smallest absolute Gasteiger partial charge is 0.343 e. The first-order valence-corrected chi connectivity index (χ1v) is 10.6. The van der Waals surface area contributed by atoms with Crippen molar-refractivity contribution in [1.82, 2.24) is 0 Å². The first-order valence-electron chi connectivity index (χ1n) is 9.02. The van der Waals surface area contributed by atoms with Crippen LogP contribution in [0.15, 0.2) is 77.7 Å². The molecule has 1 heterocycles. The summed E-state index contributed by atoms with van der Waals surface area (Å²) in [5.41, 5.74) is 1.60. The molecule has 4 nitrogen and oxygen atoms in total. The average molecular weight is 470 g/mol. The molecule has 1 aliphatic heterocycles. The number of esters is 1. The maximum atomic E-state index is 13.0. The zero-order valence-electron chi connectivity index (χ0n) is 15.7. The molecule has 3 aromatic rings. The molecular weight excluding hydrogens is 457 g/mol. The van der Waals surface area contributed by atoms with E-state index in [1.165, 1.54) is 40.9 Å². The zero-order valence-corrected chi connectivity index (χ0v) is 18.1. The fourth-order valence-electron chi connectivity index (χ4n) is 2.84. The third-order valence-corrected chi connectivity index (χ3v) is 5.87. The van der Waals surface area contributed by atoms with Gasteiger partial charge in [0.2, 0.25) is 0 Å². The largest absolute Gasteiger partial charge is 0.423 e. The van der Waals surface area contributed by atoms with Gasteiger partial charge in [0.1, 0.15) is 11.6 Å². The van der Waals surface area contributed by atoms with Gasteiger partial charge < -0.3 is 4.74 Å². The molecular formula is C23H13ClFNO3S2. The number of thioether (sulfide) groups is 1. The minimum Gasteiger partial charge on any atom is -0.423 e. The molecule has 3 aromatic carbocycles. The van der Waals surface area contributed by atoms with Gasteiger partial charge in [0.25, 0.3) is 5.91 Å². The van der Waals surface area contributed by atoms with Crippen molar-refractivity contribution in [3.63, 3.8) is 0 Å². The lowest BCUT2D eigenvalue weighted by molar-refractivity contribution is -0.113. The van der Waals surface area contributed by atoms with Crippen molar-refractivity contribution in [3.8, 4) is 5.75 Å². The number of anilines is 1. The molecule has 154 valence electrons. The van der Waals surface area contributed by atoms with Gasteiger partial charge in [0.15, 0.2) is 4.32 Å². The summed E-state index contributed by atoms with van der Waals surface area (Å²) in [6.45, 7) is 0. The number of hydrogen-bond donors (Lipinski definition) is 0. The molecule has 0 aromatic heterocycles. The van der Waals surface area contributed by atoms with E-state index in [2.05, 4.69) is 0 Å². The number of amides is 1. The number of rotatable bonds is 4. The number of carbonyl (C=O) groups excluding carboxylic acids is 2. The van der Waals surface area contributed by atoms with Crippen LogP contribution in [-0.2, 0) is 4.79 Å². The van der Waals surface area contributed by atoms with Crippen LogP contribution in [0.25, 0.3) is 6.08 Å². The van der Waals surface area contributed by atoms with Crippen molar-refractivity contribution in [3.05, 3.63) is 99.7 Å². The number of thiocarbonyl (C=S) groups is 1. The highest BCUT2D eigenvalue weighted by atomic mass is 35.5. The summed E-state index contributed by atoms with van der Waals surface area (Å²) in [6, 6.07) is 18.7. The third kappa shape index (κ3) is 4.85. The monoisotopic (exact) mass is 469 g/mol. The van der Waals surface area contributed by atoms with Crippen molar-refractivity contribution in [1.29, 1.82) is 0 Å². The molecule has 0 spiro atoms. The second-order valence-electron chi connectivity index (χ2n) is 6.46. The fraction of sp³-hybridized carbons (Fsp3) is 0. The van der Waals surface area contributed by atoms with Crippen molar-refractivity contribution < 1.29 is 18.7 Å². The molecule has 0 aliphatic carbocycles. The molecule has 0 atom stereocenters. The van der Waals surface area contributed by atoms with Gasteiger partial charge in [-0.15, -0.1) is 0 Å². The molecule has 0 radical (unpaired) electrons. The summed E-state index contributed by atoms with van der Waals surface area (Å²) >= 11 is 12.6. The van der Waals surface area contributed by atoms with Gasteiger partial charge in [-0.05, 0) is 66.2 Å². The number of hydrogen-bond acceptors (Lipinski definition) is 5. The zero-order chi connectivity index (χ0) is 22.0. The quantitative estimate of drug-likeness (QED) is 0.200. The van der Waals surface area contributed by atoms with Crippen molar-refractivity contribution >= 4 is 63.5 Å². The first kappa shape index (κ1) is 21.2. The Morgan fingerprint density at radius 2 is 1.77 bits per heavy atom. The van der Waals surface area contributed by atoms with E-state index >= 15 is 0 Å². The summed E-state index contributed by atoms with van der Waals surface area (Å²) in [7, 11) is 0. The van der Waals surface area contributed by atoms with Gasteiger partial charge in [-0.3, -0.25) is 9.69 Å². The van der Waals surface area contributed by atoms with Gasteiger partial charge in [-0.2, -0.15) is 0 Å². The Morgan fingerprint density at radius 1 is 1.06 bits per heavy atom. The lowest BCUT2D eigenvalue weighted by Crippen LogP contribution is -2.27. The van der Waals surface area contributed by atoms with Crippen LogP contribution < -0.4 is 9.64 Å². The molecule has 1 aliphatic rings. The minimum absolute atomic E-state index is 0.232. The Bertz CT molecular complexity index is 1210. The van der Waals surface area contributed by atoms with E-state index in [1.807, 2.05) is 0 Å². The number of carbonyl (C=O) groups is 2. The van der Waals surface area contributed by atoms with Crippen LogP contribution in [0.3, 0.4) is 0 Å². The molecule has 4 rings (SSSR count). The Labute approximate surface area is 192 Å². The van der Waals surface area contributed by atoms with E-state index < -0.39 is 11.8 Å². The van der Waals surface area contributed by atoms with Crippen LogP contribution in [-0.4, -0.2) is 16.2 Å². The molecule has 1 saturated heterocycles. The summed E-state index contributed by atoms with van der Waals surface area (Å²) in [5, 5.41) is 0.515. The van der Waals surface area contributed by atoms with Gasteiger partial charge in [0.05, 0.1) is 16.2 Å². The Kier molecular flexibility index (Phi) is 6.18. The second kappa shape index (κ2) is 9.01. The van der Waals surface area contributed by atoms with Crippen LogP contribution in [0.4, 0.5) is 10.1 Å². The standard InChI is InChI=1S/C23H13ClFNO3S2/c24-16-2-1-3-18(13-16)26-21(27)20(31-23(26)30)12-14-4-10-19(11-5-14)29-22(28)15-6-8-17(25)9-7-15/h1-13H. The molecule has 0 saturated carbocycles. The lowest BCUT2D eigenvalue weighted by atomic mass is 10.2. The maximum Gasteiger partial charge on any atom is 0.343 e. The molecule has 0 bridgehead atoms. The average Bonchev–Trinajstić information content (AvgIpc) is 3.02. The molecule has 8 heteroatoms. The Morgan fingerprint density at radius 3 is 2.45 bits per heavy atom. The predicted molar refractivity (Wildman–Crippen MR) is 125 cm³/mol. The van der Waals surface area contributed by atoms with Crippen LogP contribution in [0.2, 0.25) is 5.02 Å². The van der Waals surface area contributed by atoms with E-state index in [-0.39, 0.29) is 11.5 Å². The van der Waals surface area contributed by atoms with Crippen LogP contribution >= 0.6 is 35.6 Å². The summed E-state index contributed by atoms with van der Waals surface area (Å²) < 4.78 is 18.7. The van der Waals surface area contributed by atoms with E-state index in [1.54, 1.807) is 54.6 Å². The first-order chi connectivity index (χ1) is 14.9. The highest BCUT2D eigenvalue weighted by Crippen LogP contribution is 2.36. The summed E-state index contributed by atoms with van der Waals surface area (Å²) in [5.74, 6) is -0.918. The third-order valence-electron chi connectivity index (χ3n) is 4.33. The van der Waals surface area contributed by atoms with Crippen molar-refractivity contribution in [2.75, 3.05) is 4.90 Å². The number of benzene rings is 3. The van der Waals surface area contributed by atoms with Gasteiger partial charge in [-0.25, -0.2) is 9.18 Å². The minimum atomic E-state index is -0.588. The maximum absolute atomic E-state index is 13.0. The van der Waals surface area contributed by atoms with E-state index in [0.717, 1.165) is 5.56 Å². The number of nitrogens with zero attached hydrogens (tertiary/aromatic N) is 1. The summed E-state index contributed by atoms with van der Waals surface area (Å²) in [4.78, 5) is 26.9. The van der Waals surface area contributed by atoms with E-state index in [0.29, 0.717) is 25.7 Å². The van der Waals surface area contributed by atoms with Crippen molar-refractivity contribution in [2.45, 2.75) is 0 Å².